The summed E-state index contributed by atoms with van der Waals surface area (Å²) in [5.41, 5.74) is 4.64. The number of benzene rings is 1. The number of aryl methyl sites for hydroxylation is 2. The first-order valence-electron chi connectivity index (χ1n) is 5.55. The summed E-state index contributed by atoms with van der Waals surface area (Å²) < 4.78 is 0.903. The second-order valence-corrected chi connectivity index (χ2v) is 4.98. The van der Waals surface area contributed by atoms with Gasteiger partial charge >= 0.3 is 0 Å². The molecule has 2 aromatic rings. The van der Waals surface area contributed by atoms with E-state index in [2.05, 4.69) is 37.5 Å². The Morgan fingerprint density at radius 1 is 1.44 bits per heavy atom. The molecule has 18 heavy (non-hydrogen) atoms. The van der Waals surface area contributed by atoms with E-state index in [1.807, 2.05) is 26.0 Å². The lowest BCUT2D eigenvalue weighted by Crippen LogP contribution is -2.03. The normalized spacial score (nSPS) is 10.1. The molecule has 92 valence electrons. The third-order valence-corrected chi connectivity index (χ3v) is 3.33. The standard InChI is InChI=1S/C13H13BrN4/c1-8-12(9(2)18-17-8)7-16-13-4-3-11(14)5-10(13)6-15/h3-5,16H,7H2,1-2H3,(H,17,18). The van der Waals surface area contributed by atoms with E-state index in [-0.39, 0.29) is 0 Å². The fourth-order valence-corrected chi connectivity index (χ4v) is 2.14. The van der Waals surface area contributed by atoms with E-state index >= 15 is 0 Å². The van der Waals surface area contributed by atoms with Gasteiger partial charge in [0, 0.05) is 22.3 Å². The second-order valence-electron chi connectivity index (χ2n) is 4.07. The molecule has 0 radical (unpaired) electrons. The quantitative estimate of drug-likeness (QED) is 0.914. The molecule has 1 aromatic carbocycles. The number of anilines is 1. The van der Waals surface area contributed by atoms with Gasteiger partial charge in [-0.05, 0) is 32.0 Å². The summed E-state index contributed by atoms with van der Waals surface area (Å²) in [5.74, 6) is 0. The highest BCUT2D eigenvalue weighted by Crippen LogP contribution is 2.21. The molecule has 0 atom stereocenters. The summed E-state index contributed by atoms with van der Waals surface area (Å²) in [6.07, 6.45) is 0. The van der Waals surface area contributed by atoms with Crippen molar-refractivity contribution in [2.24, 2.45) is 0 Å². The Morgan fingerprint density at radius 2 is 2.22 bits per heavy atom. The fraction of sp³-hybridized carbons (Fsp3) is 0.231. The van der Waals surface area contributed by atoms with Gasteiger partial charge in [0.15, 0.2) is 0 Å². The summed E-state index contributed by atoms with van der Waals surface area (Å²) in [7, 11) is 0. The van der Waals surface area contributed by atoms with Crippen molar-refractivity contribution >= 4 is 21.6 Å². The average Bonchev–Trinajstić information content (AvgIpc) is 2.68. The van der Waals surface area contributed by atoms with Crippen LogP contribution in [0.5, 0.6) is 0 Å². The van der Waals surface area contributed by atoms with Crippen molar-refractivity contribution in [1.82, 2.24) is 10.2 Å². The van der Waals surface area contributed by atoms with Crippen molar-refractivity contribution < 1.29 is 0 Å². The van der Waals surface area contributed by atoms with Gasteiger partial charge in [-0.25, -0.2) is 0 Å². The van der Waals surface area contributed by atoms with Crippen LogP contribution < -0.4 is 5.32 Å². The molecule has 2 rings (SSSR count). The number of hydrogen-bond donors (Lipinski definition) is 2. The number of H-pyrrole nitrogens is 1. The summed E-state index contributed by atoms with van der Waals surface area (Å²) in [5, 5.41) is 19.4. The molecule has 0 aliphatic rings. The highest BCUT2D eigenvalue weighted by Gasteiger charge is 2.07. The van der Waals surface area contributed by atoms with Crippen LogP contribution in [0.3, 0.4) is 0 Å². The molecular weight excluding hydrogens is 292 g/mol. The summed E-state index contributed by atoms with van der Waals surface area (Å²) in [6.45, 7) is 4.61. The van der Waals surface area contributed by atoms with Crippen LogP contribution in [0.2, 0.25) is 0 Å². The maximum atomic E-state index is 9.08. The SMILES string of the molecule is Cc1n[nH]c(C)c1CNc1ccc(Br)cc1C#N. The van der Waals surface area contributed by atoms with Crippen molar-refractivity contribution in [2.75, 3.05) is 5.32 Å². The molecule has 1 heterocycles. The summed E-state index contributed by atoms with van der Waals surface area (Å²) in [6, 6.07) is 7.79. The number of rotatable bonds is 3. The van der Waals surface area contributed by atoms with Crippen LogP contribution in [0.15, 0.2) is 22.7 Å². The lowest BCUT2D eigenvalue weighted by Gasteiger charge is -2.08. The van der Waals surface area contributed by atoms with E-state index in [9.17, 15) is 0 Å². The van der Waals surface area contributed by atoms with Gasteiger partial charge in [0.05, 0.1) is 16.9 Å². The van der Waals surface area contributed by atoms with E-state index < -0.39 is 0 Å². The zero-order valence-corrected chi connectivity index (χ0v) is 11.8. The highest BCUT2D eigenvalue weighted by atomic mass is 79.9. The highest BCUT2D eigenvalue weighted by molar-refractivity contribution is 9.10. The minimum atomic E-state index is 0.628. The number of halogens is 1. The molecule has 4 nitrogen and oxygen atoms in total. The first-order valence-corrected chi connectivity index (χ1v) is 6.35. The maximum absolute atomic E-state index is 9.08. The molecule has 0 unspecified atom stereocenters. The van der Waals surface area contributed by atoms with Gasteiger partial charge in [-0.15, -0.1) is 0 Å². The van der Waals surface area contributed by atoms with Crippen LogP contribution in [0.4, 0.5) is 5.69 Å². The van der Waals surface area contributed by atoms with Gasteiger partial charge in [-0.2, -0.15) is 10.4 Å². The predicted octanol–water partition coefficient (Wildman–Crippen LogP) is 3.27. The molecule has 0 saturated carbocycles. The molecule has 0 bridgehead atoms. The predicted molar refractivity (Wildman–Crippen MR) is 74.2 cm³/mol. The van der Waals surface area contributed by atoms with Gasteiger partial charge in [0.25, 0.3) is 0 Å². The van der Waals surface area contributed by atoms with E-state index in [4.69, 9.17) is 5.26 Å². The molecule has 0 aliphatic heterocycles. The molecule has 0 spiro atoms. The number of aromatic amines is 1. The Bertz CT molecular complexity index is 590. The average molecular weight is 305 g/mol. The van der Waals surface area contributed by atoms with Gasteiger partial charge in [0.2, 0.25) is 0 Å². The Labute approximate surface area is 114 Å². The maximum Gasteiger partial charge on any atom is 0.101 e. The Morgan fingerprint density at radius 3 is 2.83 bits per heavy atom. The minimum absolute atomic E-state index is 0.628. The van der Waals surface area contributed by atoms with Gasteiger partial charge in [0.1, 0.15) is 6.07 Å². The lowest BCUT2D eigenvalue weighted by molar-refractivity contribution is 1.02. The Balaban J connectivity index is 2.19. The largest absolute Gasteiger partial charge is 0.380 e. The Kier molecular flexibility index (Phi) is 3.68. The summed E-state index contributed by atoms with van der Waals surface area (Å²) >= 11 is 3.36. The smallest absolute Gasteiger partial charge is 0.101 e. The summed E-state index contributed by atoms with van der Waals surface area (Å²) in [4.78, 5) is 0. The third kappa shape index (κ3) is 2.54. The van der Waals surface area contributed by atoms with Crippen molar-refractivity contribution in [3.63, 3.8) is 0 Å². The van der Waals surface area contributed by atoms with Crippen molar-refractivity contribution in [3.05, 3.63) is 45.2 Å². The van der Waals surface area contributed by atoms with Crippen molar-refractivity contribution in [2.45, 2.75) is 20.4 Å². The van der Waals surface area contributed by atoms with Gasteiger partial charge < -0.3 is 5.32 Å². The van der Waals surface area contributed by atoms with E-state index in [0.29, 0.717) is 12.1 Å². The van der Waals surface area contributed by atoms with Gasteiger partial charge in [-0.3, -0.25) is 5.10 Å². The van der Waals surface area contributed by atoms with Crippen LogP contribution in [-0.2, 0) is 6.54 Å². The first kappa shape index (κ1) is 12.7. The van der Waals surface area contributed by atoms with Crippen molar-refractivity contribution in [1.29, 1.82) is 5.26 Å². The van der Waals surface area contributed by atoms with E-state index in [1.165, 1.54) is 0 Å². The monoisotopic (exact) mass is 304 g/mol. The second kappa shape index (κ2) is 5.23. The number of nitriles is 1. The molecule has 0 aliphatic carbocycles. The van der Waals surface area contributed by atoms with Crippen LogP contribution in [0, 0.1) is 25.2 Å². The number of aromatic nitrogens is 2. The Hall–Kier alpha value is -1.80. The van der Waals surface area contributed by atoms with Gasteiger partial charge in [-0.1, -0.05) is 15.9 Å². The van der Waals surface area contributed by atoms with E-state index in [1.54, 1.807) is 6.07 Å². The molecular formula is C13H13BrN4. The molecule has 2 N–H and O–H groups in total. The van der Waals surface area contributed by atoms with Crippen LogP contribution in [0.25, 0.3) is 0 Å². The van der Waals surface area contributed by atoms with Crippen molar-refractivity contribution in [3.8, 4) is 6.07 Å². The topological polar surface area (TPSA) is 64.5 Å². The first-order chi connectivity index (χ1) is 8.61. The molecule has 0 saturated heterocycles. The number of nitrogens with one attached hydrogen (secondary N) is 2. The molecule has 5 heteroatoms. The molecule has 0 fully saturated rings. The van der Waals surface area contributed by atoms with Crippen LogP contribution in [0.1, 0.15) is 22.5 Å². The van der Waals surface area contributed by atoms with E-state index in [0.717, 1.165) is 27.1 Å². The zero-order chi connectivity index (χ0) is 13.1. The van der Waals surface area contributed by atoms with Crippen LogP contribution in [-0.4, -0.2) is 10.2 Å². The molecule has 1 aromatic heterocycles. The van der Waals surface area contributed by atoms with Crippen LogP contribution >= 0.6 is 15.9 Å². The minimum Gasteiger partial charge on any atom is -0.380 e. The number of nitrogens with zero attached hydrogens (tertiary/aromatic N) is 2. The third-order valence-electron chi connectivity index (χ3n) is 2.84. The molecule has 0 amide bonds. The fourth-order valence-electron chi connectivity index (χ4n) is 1.78. The zero-order valence-electron chi connectivity index (χ0n) is 10.2. The lowest BCUT2D eigenvalue weighted by atomic mass is 10.1. The number of hydrogen-bond acceptors (Lipinski definition) is 3.